The van der Waals surface area contributed by atoms with E-state index in [0.717, 1.165) is 21.9 Å². The molecule has 0 aliphatic rings. The van der Waals surface area contributed by atoms with E-state index in [1.807, 2.05) is 13.8 Å². The monoisotopic (exact) mass is 345 g/mol. The fourth-order valence-corrected chi connectivity index (χ4v) is 4.53. The van der Waals surface area contributed by atoms with Crippen molar-refractivity contribution in [3.8, 4) is 0 Å². The molecule has 0 saturated carbocycles. The first-order valence-electron chi connectivity index (χ1n) is 6.10. The Bertz CT molecular complexity index is 716. The van der Waals surface area contributed by atoms with E-state index in [0.29, 0.717) is 5.13 Å². The second kappa shape index (κ2) is 6.22. The van der Waals surface area contributed by atoms with E-state index in [1.165, 1.54) is 24.3 Å². The molecule has 0 aromatic carbocycles. The highest BCUT2D eigenvalue weighted by Crippen LogP contribution is 2.21. The summed E-state index contributed by atoms with van der Waals surface area (Å²) in [4.78, 5) is 17.2. The molecule has 0 aliphatic carbocycles. The van der Waals surface area contributed by atoms with Crippen molar-refractivity contribution in [3.05, 3.63) is 28.1 Å². The van der Waals surface area contributed by atoms with E-state index in [-0.39, 0.29) is 4.21 Å². The lowest BCUT2D eigenvalue weighted by Gasteiger charge is -2.12. The number of anilines is 1. The van der Waals surface area contributed by atoms with Crippen LogP contribution in [0.15, 0.2) is 21.7 Å². The number of sulfonamides is 1. The van der Waals surface area contributed by atoms with Gasteiger partial charge in [-0.05, 0) is 32.2 Å². The summed E-state index contributed by atoms with van der Waals surface area (Å²) in [6, 6.07) is 2.25. The summed E-state index contributed by atoms with van der Waals surface area (Å²) >= 11 is 2.46. The van der Waals surface area contributed by atoms with Crippen LogP contribution in [0.1, 0.15) is 17.5 Å². The molecule has 0 spiro atoms. The summed E-state index contributed by atoms with van der Waals surface area (Å²) in [5.41, 5.74) is 0.849. The molecule has 1 atom stereocenters. The zero-order valence-corrected chi connectivity index (χ0v) is 14.2. The molecular formula is C12H15N3O3S3. The molecule has 0 bridgehead atoms. The highest BCUT2D eigenvalue weighted by Gasteiger charge is 2.23. The van der Waals surface area contributed by atoms with Crippen LogP contribution in [0.2, 0.25) is 0 Å². The van der Waals surface area contributed by atoms with Crippen LogP contribution in [-0.2, 0) is 14.8 Å². The van der Waals surface area contributed by atoms with Gasteiger partial charge in [-0.1, -0.05) is 6.07 Å². The molecule has 21 heavy (non-hydrogen) atoms. The average molecular weight is 345 g/mol. The van der Waals surface area contributed by atoms with Crippen molar-refractivity contribution >= 4 is 43.7 Å². The number of aromatic nitrogens is 1. The standard InChI is InChI=1S/C12H15N3O3S3/c1-7-9(3)20-12(13-7)14-11(16)8(2)15-21(17,18)10-5-4-6-19-10/h4-6,8,15H,1-3H3,(H,13,14,16)/t8-/m1/s1. The van der Waals surface area contributed by atoms with Crippen LogP contribution in [-0.4, -0.2) is 25.4 Å². The minimum absolute atomic E-state index is 0.183. The van der Waals surface area contributed by atoms with Gasteiger partial charge >= 0.3 is 0 Å². The van der Waals surface area contributed by atoms with Crippen molar-refractivity contribution < 1.29 is 13.2 Å². The molecule has 0 aliphatic heterocycles. The molecule has 0 fully saturated rings. The van der Waals surface area contributed by atoms with Crippen LogP contribution >= 0.6 is 22.7 Å². The highest BCUT2D eigenvalue weighted by atomic mass is 32.2. The lowest BCUT2D eigenvalue weighted by molar-refractivity contribution is -0.117. The van der Waals surface area contributed by atoms with Crippen LogP contribution in [0.5, 0.6) is 0 Å². The third-order valence-corrected chi connectivity index (χ3v) is 6.67. The molecule has 2 aromatic heterocycles. The molecule has 0 radical (unpaired) electrons. The van der Waals surface area contributed by atoms with Crippen molar-refractivity contribution in [3.63, 3.8) is 0 Å². The van der Waals surface area contributed by atoms with Crippen LogP contribution in [0.4, 0.5) is 5.13 Å². The maximum Gasteiger partial charge on any atom is 0.250 e. The Morgan fingerprint density at radius 1 is 1.38 bits per heavy atom. The summed E-state index contributed by atoms with van der Waals surface area (Å²) in [5, 5.41) is 4.75. The van der Waals surface area contributed by atoms with Crippen molar-refractivity contribution in [1.82, 2.24) is 9.71 Å². The molecule has 0 unspecified atom stereocenters. The number of thiophene rings is 1. The second-order valence-electron chi connectivity index (χ2n) is 4.42. The normalized spacial score (nSPS) is 13.1. The van der Waals surface area contributed by atoms with E-state index in [4.69, 9.17) is 0 Å². The zero-order valence-electron chi connectivity index (χ0n) is 11.7. The van der Waals surface area contributed by atoms with Gasteiger partial charge in [0.1, 0.15) is 4.21 Å². The van der Waals surface area contributed by atoms with Gasteiger partial charge < -0.3 is 5.32 Å². The maximum absolute atomic E-state index is 12.0. The van der Waals surface area contributed by atoms with Gasteiger partial charge in [0, 0.05) is 4.88 Å². The number of nitrogens with zero attached hydrogens (tertiary/aromatic N) is 1. The smallest absolute Gasteiger partial charge is 0.250 e. The molecule has 2 aromatic rings. The van der Waals surface area contributed by atoms with Gasteiger partial charge in [-0.3, -0.25) is 4.79 Å². The van der Waals surface area contributed by atoms with Gasteiger partial charge in [-0.15, -0.1) is 22.7 Å². The maximum atomic E-state index is 12.0. The van der Waals surface area contributed by atoms with E-state index in [9.17, 15) is 13.2 Å². The average Bonchev–Trinajstić information content (AvgIpc) is 3.00. The third-order valence-electron chi connectivity index (χ3n) is 2.74. The fraction of sp³-hybridized carbons (Fsp3) is 0.333. The predicted octanol–water partition coefficient (Wildman–Crippen LogP) is 2.13. The molecule has 1 amide bonds. The van der Waals surface area contributed by atoms with Gasteiger partial charge in [0.05, 0.1) is 11.7 Å². The Balaban J connectivity index is 2.03. The molecule has 9 heteroatoms. The Hall–Kier alpha value is -1.29. The Labute approximate surface area is 131 Å². The zero-order chi connectivity index (χ0) is 15.6. The SMILES string of the molecule is Cc1nc(NC(=O)[C@@H](C)NS(=O)(=O)c2cccs2)sc1C. The molecular weight excluding hydrogens is 330 g/mol. The minimum Gasteiger partial charge on any atom is -0.301 e. The Morgan fingerprint density at radius 3 is 2.62 bits per heavy atom. The molecule has 0 saturated heterocycles. The molecule has 114 valence electrons. The highest BCUT2D eigenvalue weighted by molar-refractivity contribution is 7.91. The summed E-state index contributed by atoms with van der Waals surface area (Å²) in [6.07, 6.45) is 0. The number of carbonyl (C=O) groups excluding carboxylic acids is 1. The summed E-state index contributed by atoms with van der Waals surface area (Å²) in [5.74, 6) is -0.441. The van der Waals surface area contributed by atoms with Gasteiger partial charge in [-0.2, -0.15) is 4.72 Å². The predicted molar refractivity (Wildman–Crippen MR) is 84.3 cm³/mol. The van der Waals surface area contributed by atoms with Gasteiger partial charge in [0.2, 0.25) is 5.91 Å². The summed E-state index contributed by atoms with van der Waals surface area (Å²) in [7, 11) is -3.67. The van der Waals surface area contributed by atoms with E-state index in [1.54, 1.807) is 11.4 Å². The van der Waals surface area contributed by atoms with Crippen LogP contribution < -0.4 is 10.0 Å². The van der Waals surface area contributed by atoms with Crippen molar-refractivity contribution in [2.75, 3.05) is 5.32 Å². The number of aryl methyl sites for hydroxylation is 2. The van der Waals surface area contributed by atoms with E-state index >= 15 is 0 Å². The first-order chi connectivity index (χ1) is 9.79. The van der Waals surface area contributed by atoms with Gasteiger partial charge in [0.25, 0.3) is 10.0 Å². The minimum atomic E-state index is -3.67. The number of hydrogen-bond acceptors (Lipinski definition) is 6. The van der Waals surface area contributed by atoms with Crippen molar-refractivity contribution in [2.45, 2.75) is 31.0 Å². The van der Waals surface area contributed by atoms with Gasteiger partial charge in [-0.25, -0.2) is 13.4 Å². The molecule has 2 rings (SSSR count). The third kappa shape index (κ3) is 3.88. The van der Waals surface area contributed by atoms with E-state index in [2.05, 4.69) is 15.0 Å². The van der Waals surface area contributed by atoms with Crippen molar-refractivity contribution in [1.29, 1.82) is 0 Å². The quantitative estimate of drug-likeness (QED) is 0.869. The van der Waals surface area contributed by atoms with Gasteiger partial charge in [0.15, 0.2) is 5.13 Å². The number of carbonyl (C=O) groups is 1. The summed E-state index contributed by atoms with van der Waals surface area (Å²) in [6.45, 7) is 5.25. The Kier molecular flexibility index (Phi) is 4.77. The van der Waals surface area contributed by atoms with Crippen LogP contribution in [0.25, 0.3) is 0 Å². The number of hydrogen-bond donors (Lipinski definition) is 2. The summed E-state index contributed by atoms with van der Waals surface area (Å²) < 4.78 is 26.6. The first-order valence-corrected chi connectivity index (χ1v) is 9.28. The number of thiazole rings is 1. The number of rotatable bonds is 5. The molecule has 2 heterocycles. The number of nitrogens with one attached hydrogen (secondary N) is 2. The first kappa shape index (κ1) is 16.1. The largest absolute Gasteiger partial charge is 0.301 e. The second-order valence-corrected chi connectivity index (χ2v) is 8.52. The van der Waals surface area contributed by atoms with Crippen LogP contribution in [0, 0.1) is 13.8 Å². The molecule has 6 nitrogen and oxygen atoms in total. The van der Waals surface area contributed by atoms with Crippen molar-refractivity contribution in [2.24, 2.45) is 0 Å². The fourth-order valence-electron chi connectivity index (χ4n) is 1.50. The van der Waals surface area contributed by atoms with Crippen LogP contribution in [0.3, 0.4) is 0 Å². The number of amides is 1. The molecule has 2 N–H and O–H groups in total. The van der Waals surface area contributed by atoms with E-state index < -0.39 is 22.0 Å². The Morgan fingerprint density at radius 2 is 2.10 bits per heavy atom. The lowest BCUT2D eigenvalue weighted by atomic mass is 10.3. The topological polar surface area (TPSA) is 88.2 Å². The lowest BCUT2D eigenvalue weighted by Crippen LogP contribution is -2.41.